The molecular formula is C21H35NOS2. The fraction of sp³-hybridized carbons (Fsp3) is 0.667. The molecular weight excluding hydrogens is 346 g/mol. The van der Waals surface area contributed by atoms with E-state index in [-0.39, 0.29) is 0 Å². The smallest absolute Gasteiger partial charge is 0.0950 e. The Balaban J connectivity index is 0.000000188. The lowest BCUT2D eigenvalue weighted by molar-refractivity contribution is -0.0115. The van der Waals surface area contributed by atoms with Gasteiger partial charge in [0.1, 0.15) is 0 Å². The molecule has 0 radical (unpaired) electrons. The topological polar surface area (TPSA) is 22.1 Å². The molecule has 3 heterocycles. The van der Waals surface area contributed by atoms with Crippen molar-refractivity contribution in [2.75, 3.05) is 6.61 Å². The molecule has 0 aromatic carbocycles. The van der Waals surface area contributed by atoms with Crippen LogP contribution >= 0.6 is 22.7 Å². The molecule has 0 amide bonds. The van der Waals surface area contributed by atoms with Crippen LogP contribution in [0.1, 0.15) is 82.5 Å². The molecule has 1 fully saturated rings. The van der Waals surface area contributed by atoms with E-state index in [1.807, 2.05) is 22.9 Å². The van der Waals surface area contributed by atoms with Gasteiger partial charge in [0.15, 0.2) is 0 Å². The number of rotatable bonds is 3. The molecule has 3 rings (SSSR count). The number of aromatic nitrogens is 1. The van der Waals surface area contributed by atoms with Crippen molar-refractivity contribution in [2.45, 2.75) is 78.7 Å². The molecule has 1 unspecified atom stereocenters. The van der Waals surface area contributed by atoms with Crippen molar-refractivity contribution in [3.05, 3.63) is 39.0 Å². The van der Waals surface area contributed by atoms with Crippen molar-refractivity contribution in [3.63, 3.8) is 0 Å². The van der Waals surface area contributed by atoms with E-state index in [0.717, 1.165) is 6.61 Å². The number of hydrogen-bond acceptors (Lipinski definition) is 4. The second-order valence-electron chi connectivity index (χ2n) is 7.34. The first-order chi connectivity index (χ1) is 11.9. The van der Waals surface area contributed by atoms with Gasteiger partial charge in [0.05, 0.1) is 11.1 Å². The van der Waals surface area contributed by atoms with Gasteiger partial charge in [-0.3, -0.25) is 0 Å². The lowest BCUT2D eigenvalue weighted by Crippen LogP contribution is -2.24. The van der Waals surface area contributed by atoms with Gasteiger partial charge < -0.3 is 4.74 Å². The summed E-state index contributed by atoms with van der Waals surface area (Å²) >= 11 is 3.55. The van der Waals surface area contributed by atoms with Crippen LogP contribution < -0.4 is 0 Å². The molecule has 2 nitrogen and oxygen atoms in total. The highest BCUT2D eigenvalue weighted by atomic mass is 32.1. The standard InChI is InChI=1S/C8H16O.C7H10S.C6H9NS/c1-7(2)8-5-3-4-6-9-8;1-6(2)7-4-3-5-8-7;1-5(2)6-7-3-4-8-6/h7-8H,3-6H2,1-2H3;3-6H,1-2H3;3-5H,1-2H3. The molecule has 0 saturated carbocycles. The van der Waals surface area contributed by atoms with E-state index in [1.54, 1.807) is 11.3 Å². The minimum absolute atomic E-state index is 0.554. The fourth-order valence-electron chi connectivity index (χ4n) is 2.43. The zero-order valence-electron chi connectivity index (χ0n) is 16.7. The van der Waals surface area contributed by atoms with Gasteiger partial charge >= 0.3 is 0 Å². The first-order valence-electron chi connectivity index (χ1n) is 9.46. The molecule has 2 aromatic heterocycles. The maximum absolute atomic E-state index is 5.54. The van der Waals surface area contributed by atoms with E-state index < -0.39 is 0 Å². The molecule has 25 heavy (non-hydrogen) atoms. The van der Waals surface area contributed by atoms with Gasteiger partial charge in [-0.2, -0.15) is 0 Å². The van der Waals surface area contributed by atoms with Crippen LogP contribution in [0.3, 0.4) is 0 Å². The van der Waals surface area contributed by atoms with Crippen molar-refractivity contribution >= 4 is 22.7 Å². The summed E-state index contributed by atoms with van der Waals surface area (Å²) in [4.78, 5) is 5.61. The first kappa shape index (κ1) is 22.3. The van der Waals surface area contributed by atoms with Crippen LogP contribution in [-0.4, -0.2) is 17.7 Å². The summed E-state index contributed by atoms with van der Waals surface area (Å²) in [5.74, 6) is 2.01. The Kier molecular flexibility index (Phi) is 11.3. The minimum Gasteiger partial charge on any atom is -0.378 e. The van der Waals surface area contributed by atoms with Gasteiger partial charge in [0.2, 0.25) is 0 Å². The quantitative estimate of drug-likeness (QED) is 0.554. The van der Waals surface area contributed by atoms with Crippen molar-refractivity contribution in [1.82, 2.24) is 4.98 Å². The number of nitrogens with zero attached hydrogens (tertiary/aromatic N) is 1. The monoisotopic (exact) mass is 381 g/mol. The molecule has 0 bridgehead atoms. The third-order valence-corrected chi connectivity index (χ3v) is 6.26. The van der Waals surface area contributed by atoms with Gasteiger partial charge in [-0.05, 0) is 42.5 Å². The van der Waals surface area contributed by atoms with E-state index in [0.29, 0.717) is 23.9 Å². The first-order valence-corrected chi connectivity index (χ1v) is 11.2. The largest absolute Gasteiger partial charge is 0.378 e. The second kappa shape index (κ2) is 12.6. The maximum Gasteiger partial charge on any atom is 0.0950 e. The van der Waals surface area contributed by atoms with Crippen LogP contribution in [-0.2, 0) is 4.74 Å². The predicted molar refractivity (Wildman–Crippen MR) is 113 cm³/mol. The third kappa shape index (κ3) is 9.53. The predicted octanol–water partition coefficient (Wildman–Crippen LogP) is 7.35. The Hall–Kier alpha value is -0.710. The van der Waals surface area contributed by atoms with E-state index in [9.17, 15) is 0 Å². The van der Waals surface area contributed by atoms with Crippen molar-refractivity contribution in [3.8, 4) is 0 Å². The molecule has 1 atom stereocenters. The number of thiophene rings is 1. The summed E-state index contributed by atoms with van der Waals surface area (Å²) < 4.78 is 5.54. The summed E-state index contributed by atoms with van der Waals surface area (Å²) in [7, 11) is 0. The van der Waals surface area contributed by atoms with Gasteiger partial charge in [0.25, 0.3) is 0 Å². The second-order valence-corrected chi connectivity index (χ2v) is 9.25. The Morgan fingerprint density at radius 1 is 1.00 bits per heavy atom. The van der Waals surface area contributed by atoms with E-state index in [2.05, 4.69) is 64.0 Å². The van der Waals surface area contributed by atoms with Crippen molar-refractivity contribution in [1.29, 1.82) is 0 Å². The van der Waals surface area contributed by atoms with Gasteiger partial charge in [-0.1, -0.05) is 47.6 Å². The molecule has 0 spiro atoms. The minimum atomic E-state index is 0.554. The summed E-state index contributed by atoms with van der Waals surface area (Å²) in [6.45, 7) is 14.2. The molecule has 1 saturated heterocycles. The SMILES string of the molecule is CC(C)C1CCCCO1.CC(C)c1cccs1.CC(C)c1nccs1. The lowest BCUT2D eigenvalue weighted by atomic mass is 9.99. The molecule has 4 heteroatoms. The van der Waals surface area contributed by atoms with Crippen LogP contribution in [0.2, 0.25) is 0 Å². The Morgan fingerprint density at radius 3 is 2.04 bits per heavy atom. The molecule has 0 aliphatic carbocycles. The fourth-order valence-corrected chi connectivity index (χ4v) is 3.83. The van der Waals surface area contributed by atoms with Crippen LogP contribution in [0.25, 0.3) is 0 Å². The van der Waals surface area contributed by atoms with Crippen LogP contribution in [0.4, 0.5) is 0 Å². The number of thiazole rings is 1. The maximum atomic E-state index is 5.54. The summed E-state index contributed by atoms with van der Waals surface area (Å²) in [6, 6.07) is 4.27. The van der Waals surface area contributed by atoms with Gasteiger partial charge in [-0.15, -0.1) is 22.7 Å². The van der Waals surface area contributed by atoms with Crippen LogP contribution in [0, 0.1) is 5.92 Å². The number of hydrogen-bond donors (Lipinski definition) is 0. The van der Waals surface area contributed by atoms with Crippen molar-refractivity contribution in [2.24, 2.45) is 5.92 Å². The Labute approximate surface area is 162 Å². The molecule has 142 valence electrons. The molecule has 1 aliphatic heterocycles. The van der Waals surface area contributed by atoms with Crippen LogP contribution in [0.5, 0.6) is 0 Å². The highest BCUT2D eigenvalue weighted by Gasteiger charge is 2.16. The van der Waals surface area contributed by atoms with E-state index in [1.165, 1.54) is 29.1 Å². The molecule has 1 aliphatic rings. The summed E-state index contributed by atoms with van der Waals surface area (Å²) in [5.41, 5.74) is 0. The normalized spacial score (nSPS) is 17.1. The van der Waals surface area contributed by atoms with E-state index >= 15 is 0 Å². The highest BCUT2D eigenvalue weighted by Crippen LogP contribution is 2.19. The Bertz CT molecular complexity index is 474. The summed E-state index contributed by atoms with van der Waals surface area (Å²) in [6.07, 6.45) is 6.31. The highest BCUT2D eigenvalue weighted by molar-refractivity contribution is 7.10. The van der Waals surface area contributed by atoms with Crippen molar-refractivity contribution < 1.29 is 4.74 Å². The zero-order valence-corrected chi connectivity index (χ0v) is 18.3. The number of ether oxygens (including phenoxy) is 1. The molecule has 2 aromatic rings. The Morgan fingerprint density at radius 2 is 1.76 bits per heavy atom. The zero-order chi connectivity index (χ0) is 18.7. The lowest BCUT2D eigenvalue weighted by Gasteiger charge is -2.25. The average molecular weight is 382 g/mol. The van der Waals surface area contributed by atoms with E-state index in [4.69, 9.17) is 4.74 Å². The van der Waals surface area contributed by atoms with Gasteiger partial charge in [0, 0.05) is 29.0 Å². The summed E-state index contributed by atoms with van der Waals surface area (Å²) in [5, 5.41) is 5.36. The average Bonchev–Trinajstić information content (AvgIpc) is 3.30. The third-order valence-electron chi connectivity index (χ3n) is 4.02. The molecule has 0 N–H and O–H groups in total. The van der Waals surface area contributed by atoms with Gasteiger partial charge in [-0.25, -0.2) is 4.98 Å². The van der Waals surface area contributed by atoms with Crippen LogP contribution in [0.15, 0.2) is 29.1 Å².